The standard InChI is InChI=1S/C15H28N2O2/c1-5-12(10-19-4)17-13(11(2)3)16-15(14(17)18)8-6-7-9-15/h11-13,16H,5-10H2,1-4H3. The molecule has 1 spiro atoms. The minimum absolute atomic E-state index is 0.158. The zero-order chi connectivity index (χ0) is 14.0. The topological polar surface area (TPSA) is 41.6 Å². The first-order valence-electron chi connectivity index (χ1n) is 7.65. The predicted octanol–water partition coefficient (Wildman–Crippen LogP) is 2.14. The molecule has 2 aliphatic rings. The summed E-state index contributed by atoms with van der Waals surface area (Å²) in [7, 11) is 1.71. The van der Waals surface area contributed by atoms with Crippen LogP contribution in [0, 0.1) is 5.92 Å². The van der Waals surface area contributed by atoms with Gasteiger partial charge in [-0.25, -0.2) is 0 Å². The van der Waals surface area contributed by atoms with E-state index in [0.29, 0.717) is 18.4 Å². The molecule has 0 aromatic heterocycles. The van der Waals surface area contributed by atoms with Crippen molar-refractivity contribution in [2.45, 2.75) is 70.6 Å². The Bertz CT molecular complexity index is 324. The molecule has 2 atom stereocenters. The van der Waals surface area contributed by atoms with Crippen molar-refractivity contribution >= 4 is 5.91 Å². The minimum atomic E-state index is -0.268. The van der Waals surface area contributed by atoms with Gasteiger partial charge < -0.3 is 9.64 Å². The molecule has 19 heavy (non-hydrogen) atoms. The van der Waals surface area contributed by atoms with Crippen molar-refractivity contribution in [3.63, 3.8) is 0 Å². The van der Waals surface area contributed by atoms with Crippen molar-refractivity contribution < 1.29 is 9.53 Å². The lowest BCUT2D eigenvalue weighted by Gasteiger charge is -2.33. The second-order valence-electron chi connectivity index (χ2n) is 6.35. The second-order valence-corrected chi connectivity index (χ2v) is 6.35. The van der Waals surface area contributed by atoms with E-state index in [9.17, 15) is 4.79 Å². The average molecular weight is 268 g/mol. The molecule has 4 nitrogen and oxygen atoms in total. The van der Waals surface area contributed by atoms with Crippen molar-refractivity contribution in [1.82, 2.24) is 10.2 Å². The van der Waals surface area contributed by atoms with Gasteiger partial charge in [-0.3, -0.25) is 10.1 Å². The van der Waals surface area contributed by atoms with Gasteiger partial charge in [0.1, 0.15) is 0 Å². The molecule has 1 aliphatic carbocycles. The van der Waals surface area contributed by atoms with Crippen LogP contribution in [0.3, 0.4) is 0 Å². The Labute approximate surface area is 116 Å². The third-order valence-corrected chi connectivity index (χ3v) is 4.68. The van der Waals surface area contributed by atoms with Crippen LogP contribution < -0.4 is 5.32 Å². The summed E-state index contributed by atoms with van der Waals surface area (Å²) in [5, 5.41) is 3.66. The van der Waals surface area contributed by atoms with Crippen LogP contribution >= 0.6 is 0 Å². The van der Waals surface area contributed by atoms with Crippen molar-refractivity contribution in [3.8, 4) is 0 Å². The molecule has 1 heterocycles. The average Bonchev–Trinajstić information content (AvgIpc) is 2.95. The van der Waals surface area contributed by atoms with Crippen LogP contribution in [0.1, 0.15) is 52.9 Å². The van der Waals surface area contributed by atoms with Crippen LogP contribution in [0.5, 0.6) is 0 Å². The lowest BCUT2D eigenvalue weighted by atomic mass is 9.97. The smallest absolute Gasteiger partial charge is 0.244 e. The molecular weight excluding hydrogens is 240 g/mol. The SMILES string of the molecule is CCC(COC)N1C(=O)C2(CCCC2)NC1C(C)C. The lowest BCUT2D eigenvalue weighted by molar-refractivity contribution is -0.137. The predicted molar refractivity (Wildman–Crippen MR) is 75.8 cm³/mol. The second kappa shape index (κ2) is 5.80. The van der Waals surface area contributed by atoms with E-state index in [0.717, 1.165) is 19.3 Å². The Morgan fingerprint density at radius 2 is 2.05 bits per heavy atom. The normalized spacial score (nSPS) is 27.7. The van der Waals surface area contributed by atoms with Crippen LogP contribution in [0.25, 0.3) is 0 Å². The summed E-state index contributed by atoms with van der Waals surface area (Å²) in [6, 6.07) is 0.192. The number of ether oxygens (including phenoxy) is 1. The molecule has 2 unspecified atom stereocenters. The van der Waals surface area contributed by atoms with Crippen molar-refractivity contribution in [3.05, 3.63) is 0 Å². The highest BCUT2D eigenvalue weighted by atomic mass is 16.5. The van der Waals surface area contributed by atoms with Gasteiger partial charge in [0.05, 0.1) is 24.4 Å². The Morgan fingerprint density at radius 1 is 1.42 bits per heavy atom. The molecule has 0 aromatic carbocycles. The molecule has 1 aliphatic heterocycles. The molecule has 0 aromatic rings. The fraction of sp³-hybridized carbons (Fsp3) is 0.933. The number of amides is 1. The molecule has 2 fully saturated rings. The fourth-order valence-corrected chi connectivity index (χ4v) is 3.59. The molecule has 4 heteroatoms. The summed E-state index contributed by atoms with van der Waals surface area (Å²) >= 11 is 0. The number of carbonyl (C=O) groups is 1. The Kier molecular flexibility index (Phi) is 4.51. The van der Waals surface area contributed by atoms with Gasteiger partial charge in [-0.05, 0) is 25.2 Å². The fourth-order valence-electron chi connectivity index (χ4n) is 3.59. The van der Waals surface area contributed by atoms with Gasteiger partial charge in [0.2, 0.25) is 5.91 Å². The minimum Gasteiger partial charge on any atom is -0.383 e. The molecule has 2 rings (SSSR count). The van der Waals surface area contributed by atoms with E-state index in [-0.39, 0.29) is 17.7 Å². The van der Waals surface area contributed by atoms with Crippen LogP contribution in [0.4, 0.5) is 0 Å². The largest absolute Gasteiger partial charge is 0.383 e. The first-order chi connectivity index (χ1) is 9.05. The Morgan fingerprint density at radius 3 is 2.53 bits per heavy atom. The van der Waals surface area contributed by atoms with Crippen LogP contribution in [-0.4, -0.2) is 42.3 Å². The van der Waals surface area contributed by atoms with E-state index in [2.05, 4.69) is 31.0 Å². The molecule has 110 valence electrons. The van der Waals surface area contributed by atoms with E-state index in [1.807, 2.05) is 0 Å². The Balaban J connectivity index is 2.24. The van der Waals surface area contributed by atoms with Gasteiger partial charge in [-0.1, -0.05) is 33.6 Å². The summed E-state index contributed by atoms with van der Waals surface area (Å²) in [4.78, 5) is 15.0. The summed E-state index contributed by atoms with van der Waals surface area (Å²) < 4.78 is 5.31. The van der Waals surface area contributed by atoms with Gasteiger partial charge in [0, 0.05) is 7.11 Å². The lowest BCUT2D eigenvalue weighted by Crippen LogP contribution is -2.48. The molecule has 1 amide bonds. The molecular formula is C15H28N2O2. The maximum Gasteiger partial charge on any atom is 0.244 e. The van der Waals surface area contributed by atoms with Crippen LogP contribution in [-0.2, 0) is 9.53 Å². The van der Waals surface area contributed by atoms with Gasteiger partial charge in [-0.2, -0.15) is 0 Å². The van der Waals surface area contributed by atoms with Gasteiger partial charge in [0.25, 0.3) is 0 Å². The van der Waals surface area contributed by atoms with E-state index in [4.69, 9.17) is 4.74 Å². The van der Waals surface area contributed by atoms with E-state index in [1.54, 1.807) is 7.11 Å². The maximum absolute atomic E-state index is 12.9. The summed E-state index contributed by atoms with van der Waals surface area (Å²) in [5.74, 6) is 0.738. The molecule has 1 saturated carbocycles. The van der Waals surface area contributed by atoms with E-state index < -0.39 is 0 Å². The highest BCUT2D eigenvalue weighted by molar-refractivity contribution is 5.89. The third-order valence-electron chi connectivity index (χ3n) is 4.68. The highest BCUT2D eigenvalue weighted by Gasteiger charge is 2.54. The third kappa shape index (κ3) is 2.52. The number of nitrogens with zero attached hydrogens (tertiary/aromatic N) is 1. The van der Waals surface area contributed by atoms with Gasteiger partial charge in [0.15, 0.2) is 0 Å². The van der Waals surface area contributed by atoms with Crippen LogP contribution in [0.15, 0.2) is 0 Å². The number of carbonyl (C=O) groups excluding carboxylic acids is 1. The highest BCUT2D eigenvalue weighted by Crippen LogP contribution is 2.39. The first kappa shape index (κ1) is 14.8. The Hall–Kier alpha value is -0.610. The van der Waals surface area contributed by atoms with Crippen molar-refractivity contribution in [1.29, 1.82) is 0 Å². The summed E-state index contributed by atoms with van der Waals surface area (Å²) in [5.41, 5.74) is -0.268. The number of nitrogens with one attached hydrogen (secondary N) is 1. The number of hydrogen-bond acceptors (Lipinski definition) is 3. The zero-order valence-corrected chi connectivity index (χ0v) is 12.7. The summed E-state index contributed by atoms with van der Waals surface area (Å²) in [6.07, 6.45) is 5.42. The molecule has 1 N–H and O–H groups in total. The zero-order valence-electron chi connectivity index (χ0n) is 12.7. The maximum atomic E-state index is 12.9. The van der Waals surface area contributed by atoms with E-state index in [1.165, 1.54) is 12.8 Å². The number of rotatable bonds is 5. The van der Waals surface area contributed by atoms with Gasteiger partial charge >= 0.3 is 0 Å². The number of hydrogen-bond donors (Lipinski definition) is 1. The molecule has 1 saturated heterocycles. The van der Waals surface area contributed by atoms with Crippen molar-refractivity contribution in [2.75, 3.05) is 13.7 Å². The molecule has 0 radical (unpaired) electrons. The first-order valence-corrected chi connectivity index (χ1v) is 7.65. The van der Waals surface area contributed by atoms with Crippen LogP contribution in [0.2, 0.25) is 0 Å². The quantitative estimate of drug-likeness (QED) is 0.830. The van der Waals surface area contributed by atoms with Gasteiger partial charge in [-0.15, -0.1) is 0 Å². The number of methoxy groups -OCH3 is 1. The van der Waals surface area contributed by atoms with E-state index >= 15 is 0 Å². The molecule has 0 bridgehead atoms. The monoisotopic (exact) mass is 268 g/mol. The van der Waals surface area contributed by atoms with Crippen molar-refractivity contribution in [2.24, 2.45) is 5.92 Å². The summed E-state index contributed by atoms with van der Waals surface area (Å²) in [6.45, 7) is 7.13.